The zero-order valence-corrected chi connectivity index (χ0v) is 21.9. The molecule has 0 saturated heterocycles. The molecule has 0 fully saturated rings. The molecule has 2 atom stereocenters. The van der Waals surface area contributed by atoms with Gasteiger partial charge in [-0.1, -0.05) is 96.4 Å². The lowest BCUT2D eigenvalue weighted by Crippen LogP contribution is -2.52. The van der Waals surface area contributed by atoms with Crippen molar-refractivity contribution in [3.63, 3.8) is 0 Å². The highest BCUT2D eigenvalue weighted by atomic mass is 35.5. The van der Waals surface area contributed by atoms with E-state index < -0.39 is 6.04 Å². The largest absolute Gasteiger partial charge is 0.352 e. The normalized spacial score (nSPS) is 12.6. The SMILES string of the molecule is CC[C@H](C)NC(=O)[C@@H](Cc1ccccc1)N(Cc1ccc(C)cc1)C(=O)Cc1ccc(Cl)c(Cl)c1. The lowest BCUT2D eigenvalue weighted by Gasteiger charge is -2.32. The highest BCUT2D eigenvalue weighted by Gasteiger charge is 2.31. The highest BCUT2D eigenvalue weighted by Crippen LogP contribution is 2.24. The van der Waals surface area contributed by atoms with Gasteiger partial charge in [0.25, 0.3) is 0 Å². The van der Waals surface area contributed by atoms with Gasteiger partial charge >= 0.3 is 0 Å². The van der Waals surface area contributed by atoms with Crippen molar-refractivity contribution in [3.05, 3.63) is 105 Å². The number of rotatable bonds is 10. The second-order valence-corrected chi connectivity index (χ2v) is 9.77. The van der Waals surface area contributed by atoms with Gasteiger partial charge in [-0.3, -0.25) is 9.59 Å². The molecule has 0 bridgehead atoms. The van der Waals surface area contributed by atoms with Crippen LogP contribution in [0.25, 0.3) is 0 Å². The zero-order valence-electron chi connectivity index (χ0n) is 20.4. The van der Waals surface area contributed by atoms with Crippen molar-refractivity contribution in [1.29, 1.82) is 0 Å². The summed E-state index contributed by atoms with van der Waals surface area (Å²) in [6.45, 7) is 6.34. The topological polar surface area (TPSA) is 49.4 Å². The van der Waals surface area contributed by atoms with Crippen LogP contribution in [-0.4, -0.2) is 28.8 Å². The summed E-state index contributed by atoms with van der Waals surface area (Å²) in [7, 11) is 0. The number of aryl methyl sites for hydroxylation is 1. The Hall–Kier alpha value is -2.82. The molecule has 4 nitrogen and oxygen atoms in total. The van der Waals surface area contributed by atoms with E-state index in [2.05, 4.69) is 5.32 Å². The van der Waals surface area contributed by atoms with Gasteiger partial charge in [0.1, 0.15) is 6.04 Å². The number of nitrogens with zero attached hydrogens (tertiary/aromatic N) is 1. The van der Waals surface area contributed by atoms with Crippen molar-refractivity contribution < 1.29 is 9.59 Å². The van der Waals surface area contributed by atoms with Crippen LogP contribution < -0.4 is 5.32 Å². The maximum Gasteiger partial charge on any atom is 0.243 e. The molecule has 2 amide bonds. The molecule has 1 N–H and O–H groups in total. The third-order valence-electron chi connectivity index (χ3n) is 6.09. The van der Waals surface area contributed by atoms with Gasteiger partial charge in [0.2, 0.25) is 11.8 Å². The van der Waals surface area contributed by atoms with Crippen LogP contribution in [-0.2, 0) is 29.0 Å². The van der Waals surface area contributed by atoms with Gasteiger partial charge in [-0.05, 0) is 49.1 Å². The molecule has 0 unspecified atom stereocenters. The summed E-state index contributed by atoms with van der Waals surface area (Å²) >= 11 is 12.3. The van der Waals surface area contributed by atoms with E-state index in [9.17, 15) is 9.59 Å². The van der Waals surface area contributed by atoms with Gasteiger partial charge in [0.05, 0.1) is 16.5 Å². The average molecular weight is 511 g/mol. The summed E-state index contributed by atoms with van der Waals surface area (Å²) < 4.78 is 0. The lowest BCUT2D eigenvalue weighted by atomic mass is 10.0. The molecule has 0 aliphatic carbocycles. The van der Waals surface area contributed by atoms with E-state index in [0.717, 1.165) is 28.7 Å². The molecule has 0 aliphatic heterocycles. The maximum absolute atomic E-state index is 13.7. The zero-order chi connectivity index (χ0) is 25.4. The first-order chi connectivity index (χ1) is 16.8. The minimum absolute atomic E-state index is 0.00664. The molecule has 3 aromatic carbocycles. The molecule has 0 saturated carbocycles. The number of nitrogens with one attached hydrogen (secondary N) is 1. The monoisotopic (exact) mass is 510 g/mol. The van der Waals surface area contributed by atoms with Crippen molar-refractivity contribution in [2.75, 3.05) is 0 Å². The Bertz CT molecular complexity index is 1130. The van der Waals surface area contributed by atoms with E-state index in [0.29, 0.717) is 23.0 Å². The van der Waals surface area contributed by atoms with Crippen LogP contribution in [0.15, 0.2) is 72.8 Å². The van der Waals surface area contributed by atoms with Crippen molar-refractivity contribution in [2.24, 2.45) is 0 Å². The summed E-state index contributed by atoms with van der Waals surface area (Å²) in [5.74, 6) is -0.304. The highest BCUT2D eigenvalue weighted by molar-refractivity contribution is 6.42. The Morgan fingerprint density at radius 2 is 1.54 bits per heavy atom. The Labute approximate surface area is 218 Å². The fourth-order valence-electron chi connectivity index (χ4n) is 3.81. The molecule has 0 spiro atoms. The number of benzene rings is 3. The predicted octanol–water partition coefficient (Wildman–Crippen LogP) is 6.40. The van der Waals surface area contributed by atoms with E-state index in [1.807, 2.05) is 75.4 Å². The average Bonchev–Trinajstić information content (AvgIpc) is 2.85. The van der Waals surface area contributed by atoms with Crippen molar-refractivity contribution in [2.45, 2.75) is 58.7 Å². The quantitative estimate of drug-likeness (QED) is 0.343. The number of amides is 2. The van der Waals surface area contributed by atoms with E-state index in [-0.39, 0.29) is 24.3 Å². The molecule has 3 rings (SSSR count). The number of carbonyl (C=O) groups excluding carboxylic acids is 2. The number of carbonyl (C=O) groups is 2. The Kier molecular flexibility index (Phi) is 9.76. The summed E-state index contributed by atoms with van der Waals surface area (Å²) in [5, 5.41) is 3.93. The van der Waals surface area contributed by atoms with Crippen LogP contribution in [0.2, 0.25) is 10.0 Å². The van der Waals surface area contributed by atoms with Crippen LogP contribution >= 0.6 is 23.2 Å². The lowest BCUT2D eigenvalue weighted by molar-refractivity contribution is -0.141. The first-order valence-electron chi connectivity index (χ1n) is 11.9. The first-order valence-corrected chi connectivity index (χ1v) is 12.7. The van der Waals surface area contributed by atoms with Gasteiger partial charge in [-0.15, -0.1) is 0 Å². The summed E-state index contributed by atoms with van der Waals surface area (Å²) in [5.41, 5.74) is 3.84. The van der Waals surface area contributed by atoms with Crippen molar-refractivity contribution in [1.82, 2.24) is 10.2 Å². The van der Waals surface area contributed by atoms with Gasteiger partial charge < -0.3 is 10.2 Å². The van der Waals surface area contributed by atoms with Gasteiger partial charge in [-0.2, -0.15) is 0 Å². The van der Waals surface area contributed by atoms with E-state index in [4.69, 9.17) is 23.2 Å². The number of hydrogen-bond donors (Lipinski definition) is 1. The Morgan fingerprint density at radius 3 is 2.17 bits per heavy atom. The second-order valence-electron chi connectivity index (χ2n) is 8.96. The molecule has 0 aliphatic rings. The number of hydrogen-bond acceptors (Lipinski definition) is 2. The van der Waals surface area contributed by atoms with Crippen LogP contribution in [0, 0.1) is 6.92 Å². The van der Waals surface area contributed by atoms with Crippen LogP contribution in [0.5, 0.6) is 0 Å². The third-order valence-corrected chi connectivity index (χ3v) is 6.82. The molecule has 0 radical (unpaired) electrons. The standard InChI is InChI=1S/C29H32Cl2N2O2/c1-4-21(3)32-29(35)27(17-22-8-6-5-7-9-22)33(19-23-12-10-20(2)11-13-23)28(34)18-24-14-15-25(30)26(31)16-24/h5-16,21,27H,4,17-19H2,1-3H3,(H,32,35)/t21-,27+/m0/s1. The minimum Gasteiger partial charge on any atom is -0.352 e. The van der Waals surface area contributed by atoms with E-state index >= 15 is 0 Å². The molecular formula is C29H32Cl2N2O2. The number of halogens is 2. The fourth-order valence-corrected chi connectivity index (χ4v) is 4.13. The minimum atomic E-state index is -0.664. The molecule has 0 aromatic heterocycles. The second kappa shape index (κ2) is 12.8. The first kappa shape index (κ1) is 26.8. The molecule has 6 heteroatoms. The van der Waals surface area contributed by atoms with E-state index in [1.54, 1.807) is 23.1 Å². The predicted molar refractivity (Wildman–Crippen MR) is 144 cm³/mol. The van der Waals surface area contributed by atoms with Gasteiger partial charge in [0, 0.05) is 19.0 Å². The molecule has 0 heterocycles. The van der Waals surface area contributed by atoms with Gasteiger partial charge in [-0.25, -0.2) is 0 Å². The van der Waals surface area contributed by atoms with Crippen LogP contribution in [0.1, 0.15) is 42.5 Å². The molecule has 35 heavy (non-hydrogen) atoms. The summed E-state index contributed by atoms with van der Waals surface area (Å²) in [6, 6.07) is 22.4. The van der Waals surface area contributed by atoms with E-state index in [1.165, 1.54) is 0 Å². The Balaban J connectivity index is 1.97. The Morgan fingerprint density at radius 1 is 0.886 bits per heavy atom. The van der Waals surface area contributed by atoms with Crippen LogP contribution in [0.3, 0.4) is 0 Å². The molecule has 184 valence electrons. The smallest absolute Gasteiger partial charge is 0.243 e. The summed E-state index contributed by atoms with van der Waals surface area (Å²) in [4.78, 5) is 28.9. The maximum atomic E-state index is 13.7. The van der Waals surface area contributed by atoms with Crippen LogP contribution in [0.4, 0.5) is 0 Å². The van der Waals surface area contributed by atoms with Crippen molar-refractivity contribution in [3.8, 4) is 0 Å². The fraction of sp³-hybridized carbons (Fsp3) is 0.310. The third kappa shape index (κ3) is 7.84. The molecular weight excluding hydrogens is 479 g/mol. The van der Waals surface area contributed by atoms with Crippen molar-refractivity contribution >= 4 is 35.0 Å². The molecule has 3 aromatic rings. The summed E-state index contributed by atoms with van der Waals surface area (Å²) in [6.07, 6.45) is 1.34. The van der Waals surface area contributed by atoms with Gasteiger partial charge in [0.15, 0.2) is 0 Å².